The van der Waals surface area contributed by atoms with Crippen LogP contribution in [0.4, 0.5) is 0 Å². The predicted molar refractivity (Wildman–Crippen MR) is 76.6 cm³/mol. The Labute approximate surface area is 115 Å². The lowest BCUT2D eigenvalue weighted by atomic mass is 10.2. The van der Waals surface area contributed by atoms with Gasteiger partial charge >= 0.3 is 5.69 Å². The molecule has 3 rings (SSSR count). The van der Waals surface area contributed by atoms with Crippen molar-refractivity contribution in [2.45, 2.75) is 0 Å². The van der Waals surface area contributed by atoms with E-state index in [1.807, 2.05) is 30.3 Å². The zero-order valence-electron chi connectivity index (χ0n) is 8.97. The molecule has 0 unspecified atom stereocenters. The molecule has 0 aliphatic carbocycles. The summed E-state index contributed by atoms with van der Waals surface area (Å²) in [6.07, 6.45) is 0. The molecule has 0 aliphatic rings. The molecule has 0 amide bonds. The number of thiazole rings is 1. The van der Waals surface area contributed by atoms with Crippen LogP contribution in [0.5, 0.6) is 0 Å². The van der Waals surface area contributed by atoms with E-state index in [-0.39, 0.29) is 17.0 Å². The lowest BCUT2D eigenvalue weighted by Crippen LogP contribution is -2.20. The molecule has 5 nitrogen and oxygen atoms in total. The fraction of sp³-hybridized carbons (Fsp3) is 0. The Kier molecular flexibility index (Phi) is 3.44. The monoisotopic (exact) mass is 325 g/mol. The highest BCUT2D eigenvalue weighted by Gasteiger charge is 2.09. The first-order chi connectivity index (χ1) is 8.24. The van der Waals surface area contributed by atoms with Gasteiger partial charge in [0, 0.05) is 5.56 Å². The number of nitrogens with one attached hydrogen (secondary N) is 2. The summed E-state index contributed by atoms with van der Waals surface area (Å²) >= 11 is 1.26. The lowest BCUT2D eigenvalue weighted by molar-refractivity contribution is 1.07. The van der Waals surface area contributed by atoms with Crippen LogP contribution in [0.15, 0.2) is 39.9 Å². The molecule has 2 heterocycles. The number of halogens is 1. The first-order valence-electron chi connectivity index (χ1n) is 4.92. The Morgan fingerprint density at radius 3 is 2.50 bits per heavy atom. The number of nitrogens with zero attached hydrogens (tertiary/aromatic N) is 1. The smallest absolute Gasteiger partial charge is 0.291 e. The quantitative estimate of drug-likeness (QED) is 0.717. The van der Waals surface area contributed by atoms with E-state index in [0.29, 0.717) is 15.4 Å². The third-order valence-corrected chi connectivity index (χ3v) is 3.42. The number of hydrogen-bond acceptors (Lipinski definition) is 4. The molecule has 0 fully saturated rings. The molecule has 2 N–H and O–H groups in total. The molecule has 92 valence electrons. The van der Waals surface area contributed by atoms with Crippen molar-refractivity contribution in [2.24, 2.45) is 0 Å². The SMILES string of the molecule is Br.O=c1[nH]c(=O)c2sc(-c3ccccc3)nc2[nH]1. The summed E-state index contributed by atoms with van der Waals surface area (Å²) in [5.41, 5.74) is 0.326. The summed E-state index contributed by atoms with van der Waals surface area (Å²) in [5.74, 6) is 0. The fourth-order valence-electron chi connectivity index (χ4n) is 1.56. The maximum atomic E-state index is 11.5. The van der Waals surface area contributed by atoms with Crippen molar-refractivity contribution >= 4 is 38.7 Å². The topological polar surface area (TPSA) is 78.6 Å². The van der Waals surface area contributed by atoms with Crippen LogP contribution in [0.1, 0.15) is 0 Å². The minimum Gasteiger partial charge on any atom is -0.291 e. The van der Waals surface area contributed by atoms with Gasteiger partial charge < -0.3 is 0 Å². The average Bonchev–Trinajstić information content (AvgIpc) is 2.74. The van der Waals surface area contributed by atoms with Crippen molar-refractivity contribution in [3.05, 3.63) is 51.2 Å². The van der Waals surface area contributed by atoms with Crippen molar-refractivity contribution in [1.29, 1.82) is 0 Å². The Hall–Kier alpha value is -1.73. The van der Waals surface area contributed by atoms with E-state index in [4.69, 9.17) is 0 Å². The number of aromatic nitrogens is 3. The molecule has 2 aromatic heterocycles. The second-order valence-corrected chi connectivity index (χ2v) is 4.47. The van der Waals surface area contributed by atoms with Gasteiger partial charge in [0.2, 0.25) is 0 Å². The van der Waals surface area contributed by atoms with Crippen LogP contribution in [0.2, 0.25) is 0 Å². The number of hydrogen-bond donors (Lipinski definition) is 2. The molecular formula is C11H8BrN3O2S. The third-order valence-electron chi connectivity index (χ3n) is 2.31. The predicted octanol–water partition coefficient (Wildman–Crippen LogP) is 1.92. The summed E-state index contributed by atoms with van der Waals surface area (Å²) in [5, 5.41) is 0.716. The summed E-state index contributed by atoms with van der Waals surface area (Å²) < 4.78 is 0.434. The molecule has 0 spiro atoms. The van der Waals surface area contributed by atoms with E-state index in [9.17, 15) is 9.59 Å². The van der Waals surface area contributed by atoms with Crippen LogP contribution in [-0.4, -0.2) is 15.0 Å². The van der Waals surface area contributed by atoms with E-state index in [1.54, 1.807) is 0 Å². The van der Waals surface area contributed by atoms with Crippen LogP contribution in [-0.2, 0) is 0 Å². The highest BCUT2D eigenvalue weighted by atomic mass is 79.9. The Bertz CT molecular complexity index is 791. The molecule has 0 atom stereocenters. The second-order valence-electron chi connectivity index (χ2n) is 3.47. The van der Waals surface area contributed by atoms with Gasteiger partial charge in [-0.1, -0.05) is 30.3 Å². The second kappa shape index (κ2) is 4.87. The van der Waals surface area contributed by atoms with Crippen LogP contribution < -0.4 is 11.2 Å². The first kappa shape index (κ1) is 12.7. The van der Waals surface area contributed by atoms with Crippen LogP contribution in [0, 0.1) is 0 Å². The molecule has 0 radical (unpaired) electrons. The van der Waals surface area contributed by atoms with Gasteiger partial charge in [-0.25, -0.2) is 9.78 Å². The maximum absolute atomic E-state index is 11.5. The molecule has 1 aromatic carbocycles. The van der Waals surface area contributed by atoms with Gasteiger partial charge in [0.1, 0.15) is 9.71 Å². The number of rotatable bonds is 1. The van der Waals surface area contributed by atoms with Crippen molar-refractivity contribution in [3.63, 3.8) is 0 Å². The Morgan fingerprint density at radius 2 is 1.78 bits per heavy atom. The molecule has 7 heteroatoms. The molecular weight excluding hydrogens is 318 g/mol. The number of aromatic amines is 2. The van der Waals surface area contributed by atoms with Crippen molar-refractivity contribution in [3.8, 4) is 10.6 Å². The fourth-order valence-corrected chi connectivity index (χ4v) is 2.48. The maximum Gasteiger partial charge on any atom is 0.327 e. The number of H-pyrrole nitrogens is 2. The van der Waals surface area contributed by atoms with Crippen molar-refractivity contribution < 1.29 is 0 Å². The van der Waals surface area contributed by atoms with Gasteiger partial charge in [-0.05, 0) is 0 Å². The Balaban J connectivity index is 0.00000120. The molecule has 0 saturated heterocycles. The molecule has 0 bridgehead atoms. The summed E-state index contributed by atoms with van der Waals surface area (Å²) in [7, 11) is 0. The van der Waals surface area contributed by atoms with Gasteiger partial charge in [0.25, 0.3) is 5.56 Å². The summed E-state index contributed by atoms with van der Waals surface area (Å²) in [4.78, 5) is 31.6. The number of benzene rings is 1. The van der Waals surface area contributed by atoms with Crippen LogP contribution in [0.3, 0.4) is 0 Å². The lowest BCUT2D eigenvalue weighted by Gasteiger charge is -1.91. The Morgan fingerprint density at radius 1 is 1.06 bits per heavy atom. The van der Waals surface area contributed by atoms with E-state index in [1.165, 1.54) is 11.3 Å². The first-order valence-corrected chi connectivity index (χ1v) is 5.74. The summed E-state index contributed by atoms with van der Waals surface area (Å²) in [6, 6.07) is 9.52. The van der Waals surface area contributed by atoms with Crippen LogP contribution in [0.25, 0.3) is 20.9 Å². The highest BCUT2D eigenvalue weighted by molar-refractivity contribution is 8.93. The van der Waals surface area contributed by atoms with Crippen LogP contribution >= 0.6 is 28.3 Å². The minimum atomic E-state index is -0.535. The standard InChI is InChI=1S/C11H7N3O2S.BrH/c15-9-7-8(13-11(16)14-9)12-10(17-7)6-4-2-1-3-5-6;/h1-5H,(H2,13,14,15,16);1H. The van der Waals surface area contributed by atoms with Gasteiger partial charge in [0.05, 0.1) is 0 Å². The van der Waals surface area contributed by atoms with Crippen molar-refractivity contribution in [2.75, 3.05) is 0 Å². The van der Waals surface area contributed by atoms with Crippen molar-refractivity contribution in [1.82, 2.24) is 15.0 Å². The molecule has 0 aliphatic heterocycles. The third kappa shape index (κ3) is 2.14. The zero-order valence-corrected chi connectivity index (χ0v) is 11.5. The largest absolute Gasteiger partial charge is 0.327 e. The van der Waals surface area contributed by atoms with E-state index in [0.717, 1.165) is 5.56 Å². The van der Waals surface area contributed by atoms with Gasteiger partial charge in [-0.15, -0.1) is 28.3 Å². The molecule has 0 saturated carbocycles. The van der Waals surface area contributed by atoms with Gasteiger partial charge in [0.15, 0.2) is 5.65 Å². The minimum absolute atomic E-state index is 0. The summed E-state index contributed by atoms with van der Waals surface area (Å²) in [6.45, 7) is 0. The highest BCUT2D eigenvalue weighted by Crippen LogP contribution is 2.26. The molecule has 3 aromatic rings. The zero-order chi connectivity index (χ0) is 11.8. The molecule has 18 heavy (non-hydrogen) atoms. The van der Waals surface area contributed by atoms with E-state index >= 15 is 0 Å². The average molecular weight is 326 g/mol. The van der Waals surface area contributed by atoms with Gasteiger partial charge in [-0.3, -0.25) is 14.8 Å². The normalized spacial score (nSPS) is 10.2. The van der Waals surface area contributed by atoms with E-state index < -0.39 is 11.2 Å². The van der Waals surface area contributed by atoms with Gasteiger partial charge in [-0.2, -0.15) is 0 Å². The number of fused-ring (bicyclic) bond motifs is 1. The van der Waals surface area contributed by atoms with E-state index in [2.05, 4.69) is 15.0 Å².